The molecule has 5 aromatic carbocycles. The maximum absolute atomic E-state index is 6.38. The van der Waals surface area contributed by atoms with Crippen molar-refractivity contribution in [2.24, 2.45) is 0 Å². The number of furan rings is 1. The summed E-state index contributed by atoms with van der Waals surface area (Å²) in [5, 5.41) is 1.00. The summed E-state index contributed by atoms with van der Waals surface area (Å²) in [5.74, 6) is 0.703. The molecule has 1 spiro atoms. The van der Waals surface area contributed by atoms with Gasteiger partial charge in [0.25, 0.3) is 0 Å². The van der Waals surface area contributed by atoms with Crippen molar-refractivity contribution in [1.29, 1.82) is 0 Å². The minimum absolute atomic E-state index is 0.155. The summed E-state index contributed by atoms with van der Waals surface area (Å²) in [6.45, 7) is 0. The van der Waals surface area contributed by atoms with Crippen LogP contribution in [0.5, 0.6) is 0 Å². The first kappa shape index (κ1) is 24.6. The number of rotatable bonds is 3. The second-order valence-corrected chi connectivity index (χ2v) is 12.0. The Bertz CT molecular complexity index is 2150. The lowest BCUT2D eigenvalue weighted by Crippen LogP contribution is -2.27. The molecule has 206 valence electrons. The molecule has 2 aromatic heterocycles. The smallest absolute Gasteiger partial charge is 0.180 e. The Kier molecular flexibility index (Phi) is 5.43. The molecule has 0 bridgehead atoms. The lowest BCUT2D eigenvalue weighted by molar-refractivity contribution is 0.353. The summed E-state index contributed by atoms with van der Waals surface area (Å²) >= 11 is 0. The topological polar surface area (TPSA) is 38.9 Å². The van der Waals surface area contributed by atoms with Gasteiger partial charge in [-0.3, -0.25) is 0 Å². The molecule has 0 unspecified atom stereocenters. The van der Waals surface area contributed by atoms with Crippen molar-refractivity contribution in [3.05, 3.63) is 132 Å². The fourth-order valence-electron chi connectivity index (χ4n) is 7.75. The van der Waals surface area contributed by atoms with E-state index < -0.39 is 0 Å². The molecular weight excluding hydrogens is 524 g/mol. The summed E-state index contributed by atoms with van der Waals surface area (Å²) in [6.07, 6.45) is 6.42. The number of fused-ring (bicyclic) bond motifs is 8. The molecule has 0 amide bonds. The van der Waals surface area contributed by atoms with Crippen LogP contribution in [0.3, 0.4) is 0 Å². The minimum Gasteiger partial charge on any atom is -0.452 e. The Morgan fingerprint density at radius 1 is 0.535 bits per heavy atom. The second kappa shape index (κ2) is 9.50. The Balaban J connectivity index is 1.20. The maximum atomic E-state index is 6.38. The van der Waals surface area contributed by atoms with Gasteiger partial charge in [-0.25, -0.2) is 9.97 Å². The normalized spacial score (nSPS) is 15.2. The Morgan fingerprint density at radius 3 is 2.09 bits per heavy atom. The standard InChI is InChI=1S/C40H30N2O/c1-3-12-28(13-4-1)39-41-36(38-37(42-39)31-15-6-8-19-34(31)43-38)27-22-20-26(21-23-27)29-16-11-18-33-35(29)30-14-5-7-17-32(30)40(33)24-9-2-10-25-40/h1,3-8,11-23H,2,9-10,24-25H2. The van der Waals surface area contributed by atoms with Crippen molar-refractivity contribution < 1.29 is 4.42 Å². The van der Waals surface area contributed by atoms with Gasteiger partial charge in [-0.1, -0.05) is 128 Å². The molecule has 3 heteroatoms. The predicted octanol–water partition coefficient (Wildman–Crippen LogP) is 10.6. The highest BCUT2D eigenvalue weighted by Gasteiger charge is 2.44. The molecule has 0 radical (unpaired) electrons. The lowest BCUT2D eigenvalue weighted by Gasteiger charge is -2.36. The molecular formula is C40H30N2O. The SMILES string of the molecule is c1ccc(-c2nc(-c3ccc(-c4cccc5c4-c4ccccc4C54CCCCC4)cc3)c3oc4ccccc4c3n2)cc1. The molecule has 1 saturated carbocycles. The molecule has 7 aromatic rings. The zero-order valence-electron chi connectivity index (χ0n) is 23.9. The van der Waals surface area contributed by atoms with Crippen LogP contribution < -0.4 is 0 Å². The van der Waals surface area contributed by atoms with Crippen LogP contribution in [0.15, 0.2) is 126 Å². The molecule has 0 aliphatic heterocycles. The van der Waals surface area contributed by atoms with E-state index in [2.05, 4.69) is 84.9 Å². The number of para-hydroxylation sites is 1. The highest BCUT2D eigenvalue weighted by Crippen LogP contribution is 2.57. The van der Waals surface area contributed by atoms with Crippen LogP contribution in [0.4, 0.5) is 0 Å². The van der Waals surface area contributed by atoms with E-state index in [0.717, 1.165) is 38.9 Å². The zero-order valence-corrected chi connectivity index (χ0v) is 23.9. The monoisotopic (exact) mass is 554 g/mol. The van der Waals surface area contributed by atoms with E-state index in [1.54, 1.807) is 0 Å². The van der Waals surface area contributed by atoms with E-state index in [4.69, 9.17) is 14.4 Å². The molecule has 2 aliphatic rings. The molecule has 0 N–H and O–H groups in total. The third-order valence-electron chi connectivity index (χ3n) is 9.72. The van der Waals surface area contributed by atoms with Crippen molar-refractivity contribution in [3.63, 3.8) is 0 Å². The van der Waals surface area contributed by atoms with E-state index in [-0.39, 0.29) is 5.41 Å². The van der Waals surface area contributed by atoms with E-state index in [1.807, 2.05) is 36.4 Å². The summed E-state index contributed by atoms with van der Waals surface area (Å²) < 4.78 is 6.38. The van der Waals surface area contributed by atoms with Gasteiger partial charge in [-0.2, -0.15) is 0 Å². The Labute approximate surface area is 250 Å². The highest BCUT2D eigenvalue weighted by molar-refractivity contribution is 6.07. The Morgan fingerprint density at radius 2 is 1.23 bits per heavy atom. The van der Waals surface area contributed by atoms with Gasteiger partial charge in [0.05, 0.1) is 0 Å². The molecule has 0 saturated heterocycles. The number of benzene rings is 5. The van der Waals surface area contributed by atoms with E-state index in [1.165, 1.54) is 65.5 Å². The van der Waals surface area contributed by atoms with Gasteiger partial charge in [0.2, 0.25) is 0 Å². The van der Waals surface area contributed by atoms with E-state index in [0.29, 0.717) is 5.82 Å². The third kappa shape index (κ3) is 3.67. The van der Waals surface area contributed by atoms with Gasteiger partial charge < -0.3 is 4.42 Å². The van der Waals surface area contributed by atoms with Crippen molar-refractivity contribution >= 4 is 22.1 Å². The average molecular weight is 555 g/mol. The third-order valence-corrected chi connectivity index (χ3v) is 9.72. The average Bonchev–Trinajstić information content (AvgIpc) is 3.59. The van der Waals surface area contributed by atoms with Crippen LogP contribution in [-0.2, 0) is 5.41 Å². The van der Waals surface area contributed by atoms with E-state index >= 15 is 0 Å². The van der Waals surface area contributed by atoms with E-state index in [9.17, 15) is 0 Å². The quantitative estimate of drug-likeness (QED) is 0.218. The predicted molar refractivity (Wildman–Crippen MR) is 175 cm³/mol. The second-order valence-electron chi connectivity index (χ2n) is 12.0. The molecule has 9 rings (SSSR count). The van der Waals surface area contributed by atoms with Gasteiger partial charge >= 0.3 is 0 Å². The van der Waals surface area contributed by atoms with Crippen molar-refractivity contribution in [1.82, 2.24) is 9.97 Å². The van der Waals surface area contributed by atoms with Crippen molar-refractivity contribution in [3.8, 4) is 44.9 Å². The molecule has 0 atom stereocenters. The first-order valence-electron chi connectivity index (χ1n) is 15.4. The fourth-order valence-corrected chi connectivity index (χ4v) is 7.75. The first-order valence-corrected chi connectivity index (χ1v) is 15.4. The zero-order chi connectivity index (χ0) is 28.4. The first-order chi connectivity index (χ1) is 21.3. The van der Waals surface area contributed by atoms with Gasteiger partial charge in [-0.05, 0) is 58.4 Å². The molecule has 1 fully saturated rings. The number of hydrogen-bond acceptors (Lipinski definition) is 3. The van der Waals surface area contributed by atoms with Crippen molar-refractivity contribution in [2.75, 3.05) is 0 Å². The molecule has 2 heterocycles. The highest BCUT2D eigenvalue weighted by atomic mass is 16.3. The summed E-state index contributed by atoms with van der Waals surface area (Å²) in [4.78, 5) is 10.1. The maximum Gasteiger partial charge on any atom is 0.180 e. The summed E-state index contributed by atoms with van der Waals surface area (Å²) in [7, 11) is 0. The van der Waals surface area contributed by atoms with Gasteiger partial charge in [0, 0.05) is 21.9 Å². The van der Waals surface area contributed by atoms with Crippen LogP contribution in [0.25, 0.3) is 67.0 Å². The number of hydrogen-bond donors (Lipinski definition) is 0. The Hall–Kier alpha value is -5.02. The minimum atomic E-state index is 0.155. The van der Waals surface area contributed by atoms with Crippen LogP contribution in [0, 0.1) is 0 Å². The summed E-state index contributed by atoms with van der Waals surface area (Å²) in [6, 6.07) is 43.2. The van der Waals surface area contributed by atoms with Gasteiger partial charge in [0.1, 0.15) is 16.8 Å². The molecule has 2 aliphatic carbocycles. The van der Waals surface area contributed by atoms with Crippen LogP contribution in [0.1, 0.15) is 43.2 Å². The number of aromatic nitrogens is 2. The van der Waals surface area contributed by atoms with Crippen LogP contribution >= 0.6 is 0 Å². The summed E-state index contributed by atoms with van der Waals surface area (Å²) in [5.41, 5.74) is 13.8. The molecule has 3 nitrogen and oxygen atoms in total. The van der Waals surface area contributed by atoms with Gasteiger partial charge in [-0.15, -0.1) is 0 Å². The lowest BCUT2D eigenvalue weighted by atomic mass is 9.68. The largest absolute Gasteiger partial charge is 0.452 e. The molecule has 43 heavy (non-hydrogen) atoms. The number of nitrogens with zero attached hydrogens (tertiary/aromatic N) is 2. The van der Waals surface area contributed by atoms with Crippen molar-refractivity contribution in [2.45, 2.75) is 37.5 Å². The van der Waals surface area contributed by atoms with Gasteiger partial charge in [0.15, 0.2) is 11.4 Å². The van der Waals surface area contributed by atoms with Crippen LogP contribution in [0.2, 0.25) is 0 Å². The fraction of sp³-hybridized carbons (Fsp3) is 0.150. The van der Waals surface area contributed by atoms with Crippen LogP contribution in [-0.4, -0.2) is 9.97 Å².